The number of hydrogen-bond acceptors (Lipinski definition) is 5. The van der Waals surface area contributed by atoms with E-state index >= 15 is 0 Å². The number of nitrogens with one attached hydrogen (secondary N) is 2. The second kappa shape index (κ2) is 11.9. The Morgan fingerprint density at radius 2 is 1.53 bits per heavy atom. The topological polar surface area (TPSA) is 105 Å². The first-order valence-corrected chi connectivity index (χ1v) is 14.2. The van der Waals surface area contributed by atoms with Crippen LogP contribution in [0.5, 0.6) is 5.75 Å². The summed E-state index contributed by atoms with van der Waals surface area (Å²) in [6.45, 7) is 0.943. The van der Waals surface area contributed by atoms with E-state index in [1.165, 1.54) is 36.0 Å². The van der Waals surface area contributed by atoms with Gasteiger partial charge in [-0.05, 0) is 56.0 Å². The van der Waals surface area contributed by atoms with Gasteiger partial charge < -0.3 is 15.4 Å². The van der Waals surface area contributed by atoms with Crippen molar-refractivity contribution in [3.05, 3.63) is 53.6 Å². The van der Waals surface area contributed by atoms with E-state index in [1.54, 1.807) is 24.3 Å². The number of benzene rings is 2. The van der Waals surface area contributed by atoms with Crippen LogP contribution in [0.3, 0.4) is 0 Å². The van der Waals surface area contributed by atoms with Gasteiger partial charge in [-0.1, -0.05) is 44.2 Å². The first kappa shape index (κ1) is 26.2. The molecule has 2 aromatic rings. The van der Waals surface area contributed by atoms with Gasteiger partial charge in [0.15, 0.2) is 0 Å². The molecule has 0 aromatic heterocycles. The molecule has 2 fully saturated rings. The number of carbonyl (C=O) groups is 2. The Bertz CT molecular complexity index is 1180. The Morgan fingerprint density at radius 1 is 0.861 bits per heavy atom. The van der Waals surface area contributed by atoms with E-state index in [2.05, 4.69) is 10.6 Å². The molecular weight excluding hydrogens is 478 g/mol. The number of amides is 2. The summed E-state index contributed by atoms with van der Waals surface area (Å²) in [5, 5.41) is 5.88. The van der Waals surface area contributed by atoms with Gasteiger partial charge in [0.1, 0.15) is 5.75 Å². The monoisotopic (exact) mass is 513 g/mol. The van der Waals surface area contributed by atoms with Crippen molar-refractivity contribution in [2.75, 3.05) is 25.5 Å². The zero-order chi connectivity index (χ0) is 25.5. The molecule has 2 N–H and O–H groups in total. The third kappa shape index (κ3) is 6.07. The van der Waals surface area contributed by atoms with Gasteiger partial charge in [-0.15, -0.1) is 0 Å². The molecule has 0 atom stereocenters. The molecule has 9 heteroatoms. The molecule has 2 amide bonds. The van der Waals surface area contributed by atoms with Crippen molar-refractivity contribution < 1.29 is 22.7 Å². The van der Waals surface area contributed by atoms with E-state index in [9.17, 15) is 18.0 Å². The maximum atomic E-state index is 13.3. The maximum Gasteiger partial charge on any atom is 0.259 e. The zero-order valence-corrected chi connectivity index (χ0v) is 21.6. The first-order chi connectivity index (χ1) is 17.4. The van der Waals surface area contributed by atoms with Crippen LogP contribution in [0.25, 0.3) is 0 Å². The molecule has 194 valence electrons. The van der Waals surface area contributed by atoms with E-state index in [0.717, 1.165) is 51.4 Å². The van der Waals surface area contributed by atoms with Crippen molar-refractivity contribution in [3.63, 3.8) is 0 Å². The first-order valence-electron chi connectivity index (χ1n) is 12.8. The molecule has 1 saturated heterocycles. The predicted octanol–water partition coefficient (Wildman–Crippen LogP) is 4.57. The van der Waals surface area contributed by atoms with E-state index in [0.29, 0.717) is 24.3 Å². The molecule has 36 heavy (non-hydrogen) atoms. The van der Waals surface area contributed by atoms with Gasteiger partial charge in [-0.2, -0.15) is 4.31 Å². The molecule has 8 nitrogen and oxygen atoms in total. The number of rotatable bonds is 7. The zero-order valence-electron chi connectivity index (χ0n) is 20.8. The van der Waals surface area contributed by atoms with E-state index in [4.69, 9.17) is 4.74 Å². The molecule has 1 saturated carbocycles. The number of anilines is 1. The van der Waals surface area contributed by atoms with Crippen molar-refractivity contribution in [2.45, 2.75) is 68.7 Å². The number of para-hydroxylation sites is 1. The number of methoxy groups -OCH3 is 1. The fourth-order valence-electron chi connectivity index (χ4n) is 4.95. The maximum absolute atomic E-state index is 13.3. The van der Waals surface area contributed by atoms with Crippen molar-refractivity contribution in [1.82, 2.24) is 9.62 Å². The second-order valence-corrected chi connectivity index (χ2v) is 11.4. The lowest BCUT2D eigenvalue weighted by atomic mass is 9.95. The van der Waals surface area contributed by atoms with Crippen LogP contribution in [0.15, 0.2) is 47.4 Å². The highest BCUT2D eigenvalue weighted by Gasteiger charge is 2.27. The number of carbonyl (C=O) groups excluding carboxylic acids is 2. The van der Waals surface area contributed by atoms with Crippen LogP contribution < -0.4 is 15.4 Å². The molecule has 1 aliphatic heterocycles. The predicted molar refractivity (Wildman–Crippen MR) is 139 cm³/mol. The Morgan fingerprint density at radius 3 is 2.22 bits per heavy atom. The summed E-state index contributed by atoms with van der Waals surface area (Å²) in [6, 6.07) is 11.3. The minimum absolute atomic E-state index is 0.0543. The van der Waals surface area contributed by atoms with Crippen molar-refractivity contribution in [2.24, 2.45) is 0 Å². The van der Waals surface area contributed by atoms with Gasteiger partial charge in [0.25, 0.3) is 11.8 Å². The third-order valence-electron chi connectivity index (χ3n) is 6.98. The minimum Gasteiger partial charge on any atom is -0.496 e. The van der Waals surface area contributed by atoms with Crippen LogP contribution in [0.2, 0.25) is 0 Å². The number of hydrogen-bond donors (Lipinski definition) is 2. The van der Waals surface area contributed by atoms with Crippen LogP contribution in [0, 0.1) is 0 Å². The van der Waals surface area contributed by atoms with Gasteiger partial charge >= 0.3 is 0 Å². The highest BCUT2D eigenvalue weighted by molar-refractivity contribution is 7.89. The summed E-state index contributed by atoms with van der Waals surface area (Å²) in [6.07, 6.45) is 8.95. The van der Waals surface area contributed by atoms with Crippen molar-refractivity contribution >= 4 is 27.5 Å². The lowest BCUT2D eigenvalue weighted by Gasteiger charge is -2.23. The van der Waals surface area contributed by atoms with Gasteiger partial charge in [0.05, 0.1) is 28.8 Å². The smallest absolute Gasteiger partial charge is 0.259 e. The van der Waals surface area contributed by atoms with Gasteiger partial charge in [-0.3, -0.25) is 9.59 Å². The van der Waals surface area contributed by atoms with Gasteiger partial charge in [0.2, 0.25) is 10.0 Å². The quantitative estimate of drug-likeness (QED) is 0.564. The normalized spacial score (nSPS) is 17.7. The summed E-state index contributed by atoms with van der Waals surface area (Å²) in [7, 11) is -2.31. The number of nitrogens with zero attached hydrogens (tertiary/aromatic N) is 1. The highest BCUT2D eigenvalue weighted by Crippen LogP contribution is 2.28. The fraction of sp³-hybridized carbons (Fsp3) is 0.481. The Kier molecular flexibility index (Phi) is 8.64. The fourth-order valence-corrected chi connectivity index (χ4v) is 6.49. The molecule has 2 aliphatic rings. The molecule has 0 spiro atoms. The molecule has 1 aliphatic carbocycles. The van der Waals surface area contributed by atoms with Crippen LogP contribution in [-0.2, 0) is 10.0 Å². The summed E-state index contributed by atoms with van der Waals surface area (Å²) in [4.78, 5) is 26.4. The molecule has 0 radical (unpaired) electrons. The highest BCUT2D eigenvalue weighted by atomic mass is 32.2. The molecule has 2 aromatic carbocycles. The molecule has 1 heterocycles. The Balaban J connectivity index is 1.57. The van der Waals surface area contributed by atoms with Crippen LogP contribution in [0.4, 0.5) is 5.69 Å². The van der Waals surface area contributed by atoms with Gasteiger partial charge in [-0.25, -0.2) is 8.42 Å². The average Bonchev–Trinajstić information content (AvgIpc) is 3.19. The molecule has 0 unspecified atom stereocenters. The van der Waals surface area contributed by atoms with Crippen molar-refractivity contribution in [1.29, 1.82) is 0 Å². The van der Waals surface area contributed by atoms with Crippen LogP contribution in [-0.4, -0.2) is 50.8 Å². The SMILES string of the molecule is COc1ccc(S(=O)(=O)N2CCCCCC2)cc1C(=O)Nc1ccccc1C(=O)NC1CCCCC1. The largest absolute Gasteiger partial charge is 0.496 e. The summed E-state index contributed by atoms with van der Waals surface area (Å²) in [5.74, 6) is -0.522. The van der Waals surface area contributed by atoms with Crippen molar-refractivity contribution in [3.8, 4) is 5.75 Å². The Hall–Kier alpha value is -2.91. The lowest BCUT2D eigenvalue weighted by Crippen LogP contribution is -2.36. The second-order valence-electron chi connectivity index (χ2n) is 9.49. The van der Waals surface area contributed by atoms with Crippen LogP contribution >= 0.6 is 0 Å². The average molecular weight is 514 g/mol. The standard InChI is InChI=1S/C27H35N3O5S/c1-35-25-16-15-21(36(33,34)30-17-9-2-3-10-18-30)19-23(25)27(32)29-24-14-8-7-13-22(24)26(31)28-20-11-5-4-6-12-20/h7-8,13-16,19-20H,2-6,9-12,17-18H2,1H3,(H,28,31)(H,29,32). The molecule has 4 rings (SSSR count). The van der Waals surface area contributed by atoms with E-state index in [1.807, 2.05) is 0 Å². The van der Waals surface area contributed by atoms with E-state index in [-0.39, 0.29) is 28.2 Å². The number of ether oxygens (including phenoxy) is 1. The van der Waals surface area contributed by atoms with Gasteiger partial charge in [0, 0.05) is 19.1 Å². The van der Waals surface area contributed by atoms with E-state index < -0.39 is 15.9 Å². The summed E-state index contributed by atoms with van der Waals surface area (Å²) in [5.41, 5.74) is 0.818. The number of sulfonamides is 1. The van der Waals surface area contributed by atoms with Crippen LogP contribution in [0.1, 0.15) is 78.5 Å². The minimum atomic E-state index is -3.74. The molecule has 0 bridgehead atoms. The third-order valence-corrected chi connectivity index (χ3v) is 8.87. The summed E-state index contributed by atoms with van der Waals surface area (Å²) < 4.78 is 33.5. The molecular formula is C27H35N3O5S. The lowest BCUT2D eigenvalue weighted by molar-refractivity contribution is 0.0928. The Labute approximate surface area is 213 Å². The summed E-state index contributed by atoms with van der Waals surface area (Å²) >= 11 is 0.